The topological polar surface area (TPSA) is 30.7 Å². The van der Waals surface area contributed by atoms with Gasteiger partial charge in [-0.05, 0) is 69.1 Å². The van der Waals surface area contributed by atoms with E-state index >= 15 is 0 Å². The molecule has 0 unspecified atom stereocenters. The van der Waals surface area contributed by atoms with E-state index in [0.717, 1.165) is 38.8 Å². The van der Waals surface area contributed by atoms with Gasteiger partial charge in [0.25, 0.3) is 0 Å². The molecule has 200 valence electrons. The second-order valence-corrected chi connectivity index (χ2v) is 11.1. The van der Waals surface area contributed by atoms with Gasteiger partial charge in [-0.25, -0.2) is 9.97 Å². The minimum atomic E-state index is 0.671. The lowest BCUT2D eigenvalue weighted by Gasteiger charge is -2.13. The number of rotatable bonds is 3. The maximum Gasteiger partial charge on any atom is 0.235 e. The van der Waals surface area contributed by atoms with Crippen LogP contribution in [-0.4, -0.2) is 14.5 Å². The van der Waals surface area contributed by atoms with Crippen molar-refractivity contribution < 1.29 is 0 Å². The van der Waals surface area contributed by atoms with E-state index < -0.39 is 0 Å². The first kappa shape index (κ1) is 23.9. The van der Waals surface area contributed by atoms with Crippen LogP contribution in [0, 0.1) is 0 Å². The predicted molar refractivity (Wildman–Crippen MR) is 180 cm³/mol. The molecule has 43 heavy (non-hydrogen) atoms. The quantitative estimate of drug-likeness (QED) is 0.220. The summed E-state index contributed by atoms with van der Waals surface area (Å²) in [7, 11) is 0. The molecule has 0 radical (unpaired) electrons. The number of hydrogen-bond donors (Lipinski definition) is 0. The molecule has 0 bridgehead atoms. The zero-order chi connectivity index (χ0) is 28.3. The summed E-state index contributed by atoms with van der Waals surface area (Å²) in [5.41, 5.74) is 7.43. The van der Waals surface area contributed by atoms with Gasteiger partial charge in [0.15, 0.2) is 0 Å². The molecule has 2 aromatic heterocycles. The van der Waals surface area contributed by atoms with E-state index in [1.54, 1.807) is 0 Å². The van der Waals surface area contributed by atoms with E-state index in [1.165, 1.54) is 37.9 Å². The molecular weight excluding hydrogens is 522 g/mol. The van der Waals surface area contributed by atoms with Crippen LogP contribution < -0.4 is 0 Å². The summed E-state index contributed by atoms with van der Waals surface area (Å²) in [6, 6.07) is 53.8. The first-order valence-corrected chi connectivity index (χ1v) is 14.6. The standard InChI is InChI=1S/C40H25N3/c1-2-10-26(11-3-1)31-20-21-36-35(24-31)39(32-19-18-27-12-4-5-13-28(27)22-32)42-40(41-36)43-37-17-9-8-16-33(37)34-23-29-14-6-7-15-30(29)25-38(34)43/h1-25H. The third kappa shape index (κ3) is 3.83. The fraction of sp³-hybridized carbons (Fsp3) is 0. The SMILES string of the molecule is c1ccc(-c2ccc3nc(-n4c5ccccc5c5cc6ccccc6cc54)nc(-c4ccc5ccccc5c4)c3c2)cc1. The highest BCUT2D eigenvalue weighted by Crippen LogP contribution is 2.37. The highest BCUT2D eigenvalue weighted by molar-refractivity contribution is 6.13. The van der Waals surface area contributed by atoms with E-state index in [4.69, 9.17) is 9.97 Å². The van der Waals surface area contributed by atoms with Gasteiger partial charge in [0.1, 0.15) is 0 Å². The largest absolute Gasteiger partial charge is 0.278 e. The Kier molecular flexibility index (Phi) is 5.20. The van der Waals surface area contributed by atoms with E-state index in [-0.39, 0.29) is 0 Å². The Bertz CT molecular complexity index is 2510. The van der Waals surface area contributed by atoms with E-state index in [1.807, 2.05) is 0 Å². The van der Waals surface area contributed by atoms with Gasteiger partial charge in [-0.1, -0.05) is 115 Å². The van der Waals surface area contributed by atoms with Gasteiger partial charge in [-0.15, -0.1) is 0 Å². The van der Waals surface area contributed by atoms with Crippen molar-refractivity contribution in [2.45, 2.75) is 0 Å². The fourth-order valence-corrected chi connectivity index (χ4v) is 6.45. The van der Waals surface area contributed by atoms with Crippen LogP contribution in [0.3, 0.4) is 0 Å². The Morgan fingerprint density at radius 2 is 1.05 bits per heavy atom. The Morgan fingerprint density at radius 3 is 1.88 bits per heavy atom. The number of para-hydroxylation sites is 1. The maximum absolute atomic E-state index is 5.39. The smallest absolute Gasteiger partial charge is 0.235 e. The summed E-state index contributed by atoms with van der Waals surface area (Å²) < 4.78 is 2.23. The van der Waals surface area contributed by atoms with Crippen molar-refractivity contribution in [2.75, 3.05) is 0 Å². The number of hydrogen-bond acceptors (Lipinski definition) is 2. The van der Waals surface area contributed by atoms with Gasteiger partial charge in [-0.3, -0.25) is 4.57 Å². The van der Waals surface area contributed by atoms with Crippen molar-refractivity contribution in [3.63, 3.8) is 0 Å². The molecule has 0 N–H and O–H groups in total. The highest BCUT2D eigenvalue weighted by Gasteiger charge is 2.18. The molecule has 0 fully saturated rings. The molecule has 0 aliphatic carbocycles. The lowest BCUT2D eigenvalue weighted by molar-refractivity contribution is 1.01. The van der Waals surface area contributed by atoms with Crippen LogP contribution >= 0.6 is 0 Å². The molecule has 0 amide bonds. The van der Waals surface area contributed by atoms with Crippen LogP contribution in [0.25, 0.3) is 82.6 Å². The van der Waals surface area contributed by atoms with Crippen molar-refractivity contribution in [1.29, 1.82) is 0 Å². The van der Waals surface area contributed by atoms with Crippen LogP contribution in [0.1, 0.15) is 0 Å². The first-order chi connectivity index (χ1) is 21.3. The molecular formula is C40H25N3. The second kappa shape index (κ2) is 9.37. The lowest BCUT2D eigenvalue weighted by Crippen LogP contribution is -2.03. The first-order valence-electron chi connectivity index (χ1n) is 14.6. The predicted octanol–water partition coefficient (Wildman–Crippen LogP) is 10.4. The molecule has 3 nitrogen and oxygen atoms in total. The van der Waals surface area contributed by atoms with Gasteiger partial charge in [0.05, 0.1) is 22.2 Å². The fourth-order valence-electron chi connectivity index (χ4n) is 6.45. The Balaban J connectivity index is 1.37. The van der Waals surface area contributed by atoms with Crippen molar-refractivity contribution >= 4 is 54.3 Å². The monoisotopic (exact) mass is 547 g/mol. The third-order valence-electron chi connectivity index (χ3n) is 8.55. The third-order valence-corrected chi connectivity index (χ3v) is 8.55. The Morgan fingerprint density at radius 1 is 0.372 bits per heavy atom. The average Bonchev–Trinajstić information content (AvgIpc) is 3.40. The van der Waals surface area contributed by atoms with E-state index in [0.29, 0.717) is 5.95 Å². The molecule has 0 atom stereocenters. The summed E-state index contributed by atoms with van der Waals surface area (Å²) in [5.74, 6) is 0.671. The van der Waals surface area contributed by atoms with Gasteiger partial charge in [-0.2, -0.15) is 0 Å². The van der Waals surface area contributed by atoms with Crippen LogP contribution in [0.2, 0.25) is 0 Å². The summed E-state index contributed by atoms with van der Waals surface area (Å²) in [4.78, 5) is 10.6. The molecule has 0 saturated heterocycles. The molecule has 9 aromatic rings. The Hall–Kier alpha value is -5.80. The van der Waals surface area contributed by atoms with Crippen LogP contribution in [0.15, 0.2) is 152 Å². The van der Waals surface area contributed by atoms with Gasteiger partial charge >= 0.3 is 0 Å². The summed E-state index contributed by atoms with van der Waals surface area (Å²) in [5, 5.41) is 8.25. The van der Waals surface area contributed by atoms with E-state index in [9.17, 15) is 0 Å². The Labute approximate surface area is 248 Å². The molecule has 0 aliphatic rings. The van der Waals surface area contributed by atoms with Crippen molar-refractivity contribution in [1.82, 2.24) is 14.5 Å². The van der Waals surface area contributed by atoms with Crippen LogP contribution in [0.5, 0.6) is 0 Å². The lowest BCUT2D eigenvalue weighted by atomic mass is 9.99. The normalized spacial score (nSPS) is 11.7. The molecule has 0 aliphatic heterocycles. The number of aromatic nitrogens is 3. The maximum atomic E-state index is 5.39. The van der Waals surface area contributed by atoms with Gasteiger partial charge < -0.3 is 0 Å². The van der Waals surface area contributed by atoms with Crippen molar-refractivity contribution in [2.24, 2.45) is 0 Å². The van der Waals surface area contributed by atoms with Crippen molar-refractivity contribution in [3.05, 3.63) is 152 Å². The second-order valence-electron chi connectivity index (χ2n) is 11.1. The van der Waals surface area contributed by atoms with Crippen LogP contribution in [-0.2, 0) is 0 Å². The van der Waals surface area contributed by atoms with E-state index in [2.05, 4.69) is 156 Å². The highest BCUT2D eigenvalue weighted by atomic mass is 15.2. The number of fused-ring (bicyclic) bond motifs is 6. The molecule has 2 heterocycles. The number of benzene rings is 7. The summed E-state index contributed by atoms with van der Waals surface area (Å²) >= 11 is 0. The molecule has 7 aromatic carbocycles. The molecule has 0 spiro atoms. The minimum absolute atomic E-state index is 0.671. The minimum Gasteiger partial charge on any atom is -0.278 e. The van der Waals surface area contributed by atoms with Crippen LogP contribution in [0.4, 0.5) is 0 Å². The zero-order valence-electron chi connectivity index (χ0n) is 23.3. The number of nitrogens with zero attached hydrogens (tertiary/aromatic N) is 3. The zero-order valence-corrected chi connectivity index (χ0v) is 23.3. The summed E-state index contributed by atoms with van der Waals surface area (Å²) in [6.07, 6.45) is 0. The summed E-state index contributed by atoms with van der Waals surface area (Å²) in [6.45, 7) is 0. The molecule has 9 rings (SSSR count). The van der Waals surface area contributed by atoms with Crippen molar-refractivity contribution in [3.8, 4) is 28.3 Å². The molecule has 0 saturated carbocycles. The van der Waals surface area contributed by atoms with Gasteiger partial charge in [0.2, 0.25) is 5.95 Å². The average molecular weight is 548 g/mol. The van der Waals surface area contributed by atoms with Gasteiger partial charge in [0, 0.05) is 21.7 Å². The molecule has 3 heteroatoms.